The van der Waals surface area contributed by atoms with Gasteiger partial charge in [0, 0.05) is 23.9 Å². The highest BCUT2D eigenvalue weighted by Gasteiger charge is 2.16. The van der Waals surface area contributed by atoms with E-state index in [4.69, 9.17) is 4.74 Å². The Morgan fingerprint density at radius 1 is 1.10 bits per heavy atom. The van der Waals surface area contributed by atoms with E-state index in [1.807, 2.05) is 47.8 Å². The van der Waals surface area contributed by atoms with Crippen molar-refractivity contribution in [3.63, 3.8) is 0 Å². The Hall–Kier alpha value is -2.66. The molecule has 0 fully saturated rings. The molecule has 0 unspecified atom stereocenters. The van der Waals surface area contributed by atoms with E-state index in [0.29, 0.717) is 18.7 Å². The van der Waals surface area contributed by atoms with Gasteiger partial charge in [-0.1, -0.05) is 63.2 Å². The minimum Gasteiger partial charge on any atom is -0.481 e. The number of nitrogens with zero attached hydrogens (tertiary/aromatic N) is 1. The Balaban J connectivity index is 1.46. The molecule has 0 spiro atoms. The summed E-state index contributed by atoms with van der Waals surface area (Å²) in [6.07, 6.45) is 0.146. The third-order valence-electron chi connectivity index (χ3n) is 4.66. The fraction of sp³-hybridized carbons (Fsp3) is 0.333. The second-order valence-corrected chi connectivity index (χ2v) is 8.94. The molecule has 1 N–H and O–H groups in total. The van der Waals surface area contributed by atoms with Gasteiger partial charge in [0.25, 0.3) is 5.91 Å². The van der Waals surface area contributed by atoms with Crippen LogP contribution in [0.1, 0.15) is 39.0 Å². The smallest absolute Gasteiger partial charge is 0.260 e. The van der Waals surface area contributed by atoms with E-state index in [0.717, 1.165) is 16.3 Å². The Morgan fingerprint density at radius 2 is 1.79 bits per heavy atom. The van der Waals surface area contributed by atoms with E-state index in [1.165, 1.54) is 5.56 Å². The molecule has 1 atom stereocenters. The summed E-state index contributed by atoms with van der Waals surface area (Å²) in [5.74, 6) is 0.580. The van der Waals surface area contributed by atoms with Crippen molar-refractivity contribution in [3.8, 4) is 16.3 Å². The van der Waals surface area contributed by atoms with E-state index in [9.17, 15) is 4.79 Å². The van der Waals surface area contributed by atoms with Crippen LogP contribution < -0.4 is 10.1 Å². The molecule has 152 valence electrons. The molecule has 1 heterocycles. The summed E-state index contributed by atoms with van der Waals surface area (Å²) in [5.41, 5.74) is 3.44. The van der Waals surface area contributed by atoms with E-state index in [1.54, 1.807) is 18.3 Å². The Bertz CT molecular complexity index is 928. The van der Waals surface area contributed by atoms with Crippen LogP contribution in [0.2, 0.25) is 0 Å². The molecule has 0 aliphatic carbocycles. The van der Waals surface area contributed by atoms with Gasteiger partial charge < -0.3 is 10.1 Å². The topological polar surface area (TPSA) is 51.2 Å². The van der Waals surface area contributed by atoms with Gasteiger partial charge in [-0.25, -0.2) is 4.98 Å². The van der Waals surface area contributed by atoms with E-state index in [-0.39, 0.29) is 11.3 Å². The molecule has 1 amide bonds. The minimum atomic E-state index is -0.550. The lowest BCUT2D eigenvalue weighted by Gasteiger charge is -2.20. The van der Waals surface area contributed by atoms with Gasteiger partial charge in [-0.3, -0.25) is 4.79 Å². The zero-order valence-electron chi connectivity index (χ0n) is 17.4. The van der Waals surface area contributed by atoms with Crippen molar-refractivity contribution in [3.05, 3.63) is 71.2 Å². The van der Waals surface area contributed by atoms with Gasteiger partial charge in [0.1, 0.15) is 10.8 Å². The average Bonchev–Trinajstić information content (AvgIpc) is 3.17. The number of hydrogen-bond acceptors (Lipinski definition) is 4. The maximum atomic E-state index is 12.3. The molecule has 0 aliphatic heterocycles. The number of ether oxygens (including phenoxy) is 1. The predicted octanol–water partition coefficient (Wildman–Crippen LogP) is 5.23. The van der Waals surface area contributed by atoms with Crippen LogP contribution in [0.5, 0.6) is 5.75 Å². The molecule has 1 aromatic heterocycles. The lowest BCUT2D eigenvalue weighted by Crippen LogP contribution is -2.37. The second kappa shape index (κ2) is 9.23. The second-order valence-electron chi connectivity index (χ2n) is 8.09. The number of amides is 1. The van der Waals surface area contributed by atoms with Gasteiger partial charge >= 0.3 is 0 Å². The zero-order valence-corrected chi connectivity index (χ0v) is 18.3. The molecule has 4 nitrogen and oxygen atoms in total. The van der Waals surface area contributed by atoms with Crippen LogP contribution in [-0.2, 0) is 16.6 Å². The van der Waals surface area contributed by atoms with Gasteiger partial charge in [0.05, 0.1) is 5.69 Å². The molecule has 0 aliphatic rings. The molecular weight excluding hydrogens is 380 g/mol. The van der Waals surface area contributed by atoms with Crippen LogP contribution >= 0.6 is 11.3 Å². The molecule has 3 aromatic rings. The number of hydrogen-bond donors (Lipinski definition) is 1. The van der Waals surface area contributed by atoms with Gasteiger partial charge in [0.2, 0.25) is 0 Å². The lowest BCUT2D eigenvalue weighted by atomic mass is 9.87. The molecule has 29 heavy (non-hydrogen) atoms. The summed E-state index contributed by atoms with van der Waals surface area (Å²) in [5, 5.41) is 5.99. The molecule has 0 saturated heterocycles. The summed E-state index contributed by atoms with van der Waals surface area (Å²) >= 11 is 1.62. The van der Waals surface area contributed by atoms with Crippen LogP contribution in [0.15, 0.2) is 60.0 Å². The monoisotopic (exact) mass is 408 g/mol. The highest BCUT2D eigenvalue weighted by Crippen LogP contribution is 2.25. The standard InChI is InChI=1S/C24H28N2O2S/c1-17(28-21-12-10-19(11-13-21)24(2,3)4)22(27)25-15-14-20-16-29-23(26-20)18-8-6-5-7-9-18/h5-13,16-17H,14-15H2,1-4H3,(H,25,27)/t17-/m0/s1. The van der Waals surface area contributed by atoms with E-state index in [2.05, 4.69) is 43.2 Å². The van der Waals surface area contributed by atoms with Crippen molar-refractivity contribution < 1.29 is 9.53 Å². The van der Waals surface area contributed by atoms with Gasteiger partial charge in [-0.05, 0) is 30.0 Å². The third-order valence-corrected chi connectivity index (χ3v) is 5.60. The molecule has 0 saturated carbocycles. The highest BCUT2D eigenvalue weighted by molar-refractivity contribution is 7.13. The number of carbonyl (C=O) groups excluding carboxylic acids is 1. The number of benzene rings is 2. The van der Waals surface area contributed by atoms with Gasteiger partial charge in [-0.2, -0.15) is 0 Å². The number of aromatic nitrogens is 1. The van der Waals surface area contributed by atoms with E-state index < -0.39 is 6.10 Å². The average molecular weight is 409 g/mol. The summed E-state index contributed by atoms with van der Waals surface area (Å²) in [6, 6.07) is 18.1. The minimum absolute atomic E-state index is 0.0948. The largest absolute Gasteiger partial charge is 0.481 e. The Kier molecular flexibility index (Phi) is 6.70. The summed E-state index contributed by atoms with van der Waals surface area (Å²) in [7, 11) is 0. The third kappa shape index (κ3) is 5.91. The van der Waals surface area contributed by atoms with Gasteiger partial charge in [0.15, 0.2) is 6.10 Å². The highest BCUT2D eigenvalue weighted by atomic mass is 32.1. The number of thiazole rings is 1. The Morgan fingerprint density at radius 3 is 2.45 bits per heavy atom. The van der Waals surface area contributed by atoms with Crippen LogP contribution in [0.4, 0.5) is 0 Å². The number of carbonyl (C=O) groups is 1. The summed E-state index contributed by atoms with van der Waals surface area (Å²) in [6.45, 7) is 8.81. The van der Waals surface area contributed by atoms with Crippen LogP contribution in [0, 0.1) is 0 Å². The van der Waals surface area contributed by atoms with E-state index >= 15 is 0 Å². The molecule has 5 heteroatoms. The number of rotatable bonds is 7. The van der Waals surface area contributed by atoms with Crippen molar-refractivity contribution in [2.24, 2.45) is 0 Å². The van der Waals surface area contributed by atoms with Crippen LogP contribution in [0.3, 0.4) is 0 Å². The fourth-order valence-corrected chi connectivity index (χ4v) is 3.74. The maximum Gasteiger partial charge on any atom is 0.260 e. The van der Waals surface area contributed by atoms with Crippen molar-refractivity contribution >= 4 is 17.2 Å². The SMILES string of the molecule is C[C@H](Oc1ccc(C(C)(C)C)cc1)C(=O)NCCc1csc(-c2ccccc2)n1. The lowest BCUT2D eigenvalue weighted by molar-refractivity contribution is -0.127. The van der Waals surface area contributed by atoms with Gasteiger partial charge in [-0.15, -0.1) is 11.3 Å². The van der Waals surface area contributed by atoms with Crippen molar-refractivity contribution in [2.75, 3.05) is 6.54 Å². The first-order valence-corrected chi connectivity index (χ1v) is 10.8. The molecule has 3 rings (SSSR count). The molecule has 2 aromatic carbocycles. The van der Waals surface area contributed by atoms with Crippen LogP contribution in [0.25, 0.3) is 10.6 Å². The fourth-order valence-electron chi connectivity index (χ4n) is 2.88. The van der Waals surface area contributed by atoms with Crippen LogP contribution in [-0.4, -0.2) is 23.5 Å². The van der Waals surface area contributed by atoms with Crippen molar-refractivity contribution in [2.45, 2.75) is 45.6 Å². The quantitative estimate of drug-likeness (QED) is 0.582. The van der Waals surface area contributed by atoms with Crippen molar-refractivity contribution in [1.82, 2.24) is 10.3 Å². The molecule has 0 bridgehead atoms. The first kappa shape index (κ1) is 21.1. The predicted molar refractivity (Wildman–Crippen MR) is 119 cm³/mol. The Labute approximate surface area is 177 Å². The summed E-state index contributed by atoms with van der Waals surface area (Å²) in [4.78, 5) is 17.0. The van der Waals surface area contributed by atoms with Crippen molar-refractivity contribution in [1.29, 1.82) is 0 Å². The summed E-state index contributed by atoms with van der Waals surface area (Å²) < 4.78 is 5.78. The maximum absolute atomic E-state index is 12.3. The first-order chi connectivity index (χ1) is 13.8. The number of nitrogens with one attached hydrogen (secondary N) is 1. The molecular formula is C24H28N2O2S. The normalized spacial score (nSPS) is 12.4. The molecule has 0 radical (unpaired) electrons. The first-order valence-electron chi connectivity index (χ1n) is 9.87. The zero-order chi connectivity index (χ0) is 20.9.